The summed E-state index contributed by atoms with van der Waals surface area (Å²) < 4.78 is 12.4. The molecule has 0 spiro atoms. The highest BCUT2D eigenvalue weighted by Crippen LogP contribution is 2.28. The Morgan fingerprint density at radius 1 is 1.31 bits per heavy atom. The lowest BCUT2D eigenvalue weighted by atomic mass is 10.2. The van der Waals surface area contributed by atoms with Gasteiger partial charge in [-0.2, -0.15) is 0 Å². The van der Waals surface area contributed by atoms with Crippen LogP contribution in [0.25, 0.3) is 0 Å². The van der Waals surface area contributed by atoms with E-state index in [-0.39, 0.29) is 19.1 Å². The van der Waals surface area contributed by atoms with E-state index in [0.717, 1.165) is 29.9 Å². The van der Waals surface area contributed by atoms with Crippen LogP contribution in [0.2, 0.25) is 0 Å². The summed E-state index contributed by atoms with van der Waals surface area (Å²) in [7, 11) is 3.23. The molecule has 1 saturated carbocycles. The Kier molecular flexibility index (Phi) is 6.05. The minimum Gasteiger partial charge on any atom is -0.497 e. The zero-order valence-electron chi connectivity index (χ0n) is 14.9. The zero-order valence-corrected chi connectivity index (χ0v) is 15.7. The SMILES string of the molecule is COc1cc(CSc2ncc(CO)n2CC(=O)NC2CC2)cc(OC)c1. The summed E-state index contributed by atoms with van der Waals surface area (Å²) in [6.45, 7) is 0.00735. The Bertz CT molecular complexity index is 752. The van der Waals surface area contributed by atoms with Crippen LogP contribution in [0, 0.1) is 0 Å². The van der Waals surface area contributed by atoms with E-state index in [4.69, 9.17) is 9.47 Å². The second-order valence-corrected chi connectivity index (χ2v) is 7.07. The number of thioether (sulfide) groups is 1. The molecule has 0 saturated heterocycles. The predicted octanol–water partition coefficient (Wildman–Crippen LogP) is 1.96. The molecule has 1 aromatic heterocycles. The molecule has 2 aromatic rings. The average Bonchev–Trinajstić information content (AvgIpc) is 3.38. The molecule has 1 fully saturated rings. The lowest BCUT2D eigenvalue weighted by Crippen LogP contribution is -2.30. The molecule has 140 valence electrons. The van der Waals surface area contributed by atoms with Crippen molar-refractivity contribution in [1.82, 2.24) is 14.9 Å². The van der Waals surface area contributed by atoms with Gasteiger partial charge in [0.2, 0.25) is 5.91 Å². The fraction of sp³-hybridized carbons (Fsp3) is 0.444. The first-order valence-corrected chi connectivity index (χ1v) is 9.41. The van der Waals surface area contributed by atoms with Crippen LogP contribution >= 0.6 is 11.8 Å². The second kappa shape index (κ2) is 8.46. The van der Waals surface area contributed by atoms with Gasteiger partial charge in [0, 0.05) is 17.9 Å². The fourth-order valence-corrected chi connectivity index (χ4v) is 3.47. The second-order valence-electron chi connectivity index (χ2n) is 6.13. The van der Waals surface area contributed by atoms with Crippen molar-refractivity contribution in [2.45, 2.75) is 42.9 Å². The number of methoxy groups -OCH3 is 2. The van der Waals surface area contributed by atoms with Crippen LogP contribution in [0.3, 0.4) is 0 Å². The summed E-state index contributed by atoms with van der Waals surface area (Å²) in [4.78, 5) is 16.5. The van der Waals surface area contributed by atoms with Crippen LogP contribution in [-0.4, -0.2) is 40.8 Å². The number of rotatable bonds is 9. The molecular weight excluding hydrogens is 354 g/mol. The highest BCUT2D eigenvalue weighted by atomic mass is 32.2. The number of aromatic nitrogens is 2. The maximum Gasteiger partial charge on any atom is 0.240 e. The predicted molar refractivity (Wildman–Crippen MR) is 98.4 cm³/mol. The van der Waals surface area contributed by atoms with Gasteiger partial charge in [-0.1, -0.05) is 11.8 Å². The molecule has 1 amide bonds. The van der Waals surface area contributed by atoms with Gasteiger partial charge in [-0.15, -0.1) is 0 Å². The van der Waals surface area contributed by atoms with Crippen molar-refractivity contribution in [1.29, 1.82) is 0 Å². The van der Waals surface area contributed by atoms with Crippen molar-refractivity contribution in [3.05, 3.63) is 35.7 Å². The highest BCUT2D eigenvalue weighted by molar-refractivity contribution is 7.98. The Labute approximate surface area is 156 Å². The normalized spacial score (nSPS) is 13.5. The van der Waals surface area contributed by atoms with Gasteiger partial charge in [-0.05, 0) is 30.5 Å². The van der Waals surface area contributed by atoms with Crippen molar-refractivity contribution >= 4 is 17.7 Å². The third-order valence-electron chi connectivity index (χ3n) is 4.09. The maximum atomic E-state index is 12.1. The lowest BCUT2D eigenvalue weighted by Gasteiger charge is -2.11. The minimum atomic E-state index is -0.156. The first-order valence-electron chi connectivity index (χ1n) is 8.42. The molecule has 1 aromatic carbocycles. The van der Waals surface area contributed by atoms with Crippen LogP contribution in [0.15, 0.2) is 29.6 Å². The van der Waals surface area contributed by atoms with Crippen LogP contribution in [-0.2, 0) is 23.7 Å². The summed E-state index contributed by atoms with van der Waals surface area (Å²) in [6, 6.07) is 6.01. The molecule has 0 unspecified atom stereocenters. The number of nitrogens with zero attached hydrogens (tertiary/aromatic N) is 2. The quantitative estimate of drug-likeness (QED) is 0.650. The van der Waals surface area contributed by atoms with Gasteiger partial charge in [0.15, 0.2) is 5.16 Å². The molecule has 1 aliphatic carbocycles. The molecule has 0 atom stereocenters. The summed E-state index contributed by atoms with van der Waals surface area (Å²) in [5.41, 5.74) is 1.65. The van der Waals surface area contributed by atoms with Gasteiger partial charge < -0.3 is 24.5 Å². The summed E-state index contributed by atoms with van der Waals surface area (Å²) in [5.74, 6) is 2.04. The minimum absolute atomic E-state index is 0.0508. The van der Waals surface area contributed by atoms with Gasteiger partial charge in [-0.3, -0.25) is 4.79 Å². The van der Waals surface area contributed by atoms with Crippen molar-refractivity contribution in [2.75, 3.05) is 14.2 Å². The van der Waals surface area contributed by atoms with Crippen LogP contribution in [0.4, 0.5) is 0 Å². The first-order chi connectivity index (χ1) is 12.6. The van der Waals surface area contributed by atoms with Gasteiger partial charge in [-0.25, -0.2) is 4.98 Å². The molecule has 0 aliphatic heterocycles. The van der Waals surface area contributed by atoms with Crippen molar-refractivity contribution in [3.8, 4) is 11.5 Å². The number of imidazole rings is 1. The summed E-state index contributed by atoms with van der Waals surface area (Å²) >= 11 is 1.50. The van der Waals surface area contributed by atoms with Crippen LogP contribution < -0.4 is 14.8 Å². The molecule has 26 heavy (non-hydrogen) atoms. The third-order valence-corrected chi connectivity index (χ3v) is 5.15. The third kappa shape index (κ3) is 4.70. The number of carbonyl (C=O) groups is 1. The monoisotopic (exact) mass is 377 g/mol. The van der Waals surface area contributed by atoms with E-state index < -0.39 is 0 Å². The maximum absolute atomic E-state index is 12.1. The standard InChI is InChI=1S/C18H23N3O4S/c1-24-15-5-12(6-16(7-15)25-2)11-26-18-19-8-14(10-22)21(18)9-17(23)20-13-3-4-13/h5-8,13,22H,3-4,9-11H2,1-2H3,(H,20,23). The van der Waals surface area contributed by atoms with Gasteiger partial charge in [0.25, 0.3) is 0 Å². The van der Waals surface area contributed by atoms with Crippen molar-refractivity contribution in [2.24, 2.45) is 0 Å². The summed E-state index contributed by atoms with van der Waals surface area (Å²) in [5, 5.41) is 13.2. The Balaban J connectivity index is 1.71. The van der Waals surface area contributed by atoms with E-state index in [1.165, 1.54) is 11.8 Å². The average molecular weight is 377 g/mol. The van der Waals surface area contributed by atoms with Crippen LogP contribution in [0.5, 0.6) is 11.5 Å². The zero-order chi connectivity index (χ0) is 18.5. The van der Waals surface area contributed by atoms with Gasteiger partial charge >= 0.3 is 0 Å². The smallest absolute Gasteiger partial charge is 0.240 e. The molecule has 1 aliphatic rings. The highest BCUT2D eigenvalue weighted by Gasteiger charge is 2.24. The number of hydrogen-bond acceptors (Lipinski definition) is 6. The fourth-order valence-electron chi connectivity index (χ4n) is 2.54. The number of aliphatic hydroxyl groups is 1. The number of hydrogen-bond donors (Lipinski definition) is 2. The summed E-state index contributed by atoms with van der Waals surface area (Å²) in [6.07, 6.45) is 3.70. The molecule has 0 bridgehead atoms. The van der Waals surface area contributed by atoms with E-state index in [0.29, 0.717) is 22.6 Å². The first kappa shape index (κ1) is 18.6. The molecule has 1 heterocycles. The Morgan fingerprint density at radius 2 is 2.00 bits per heavy atom. The number of benzene rings is 1. The van der Waals surface area contributed by atoms with Crippen LogP contribution in [0.1, 0.15) is 24.1 Å². The topological polar surface area (TPSA) is 85.6 Å². The molecule has 7 nitrogen and oxygen atoms in total. The van der Waals surface area contributed by atoms with Crippen molar-refractivity contribution in [3.63, 3.8) is 0 Å². The largest absolute Gasteiger partial charge is 0.497 e. The lowest BCUT2D eigenvalue weighted by molar-refractivity contribution is -0.122. The van der Waals surface area contributed by atoms with Gasteiger partial charge in [0.1, 0.15) is 18.0 Å². The van der Waals surface area contributed by atoms with Crippen molar-refractivity contribution < 1.29 is 19.4 Å². The molecule has 0 radical (unpaired) electrons. The Morgan fingerprint density at radius 3 is 2.58 bits per heavy atom. The van der Waals surface area contributed by atoms with Gasteiger partial charge in [0.05, 0.1) is 32.7 Å². The van der Waals surface area contributed by atoms with E-state index in [2.05, 4.69) is 10.3 Å². The van der Waals surface area contributed by atoms with E-state index in [1.54, 1.807) is 25.0 Å². The number of nitrogens with one attached hydrogen (secondary N) is 1. The number of carbonyl (C=O) groups excluding carboxylic acids is 1. The number of amides is 1. The number of ether oxygens (including phenoxy) is 2. The molecule has 2 N–H and O–H groups in total. The van der Waals surface area contributed by atoms with E-state index in [9.17, 15) is 9.90 Å². The molecule has 3 rings (SSSR count). The molecule has 8 heteroatoms. The molecular formula is C18H23N3O4S. The Hall–Kier alpha value is -2.19. The number of aliphatic hydroxyl groups excluding tert-OH is 1. The van der Waals surface area contributed by atoms with E-state index >= 15 is 0 Å². The van der Waals surface area contributed by atoms with E-state index in [1.807, 2.05) is 18.2 Å².